The van der Waals surface area contributed by atoms with Crippen LogP contribution in [0.5, 0.6) is 0 Å². The van der Waals surface area contributed by atoms with E-state index in [4.69, 9.17) is 11.6 Å². The molecular formula is C15H23ClN2O3S. The lowest BCUT2D eigenvalue weighted by atomic mass is 10.2. The summed E-state index contributed by atoms with van der Waals surface area (Å²) in [6, 6.07) is 5.09. The lowest BCUT2D eigenvalue weighted by Crippen LogP contribution is -2.35. The molecule has 1 amide bonds. The molecule has 1 rings (SSSR count). The van der Waals surface area contributed by atoms with Crippen molar-refractivity contribution in [3.8, 4) is 0 Å². The summed E-state index contributed by atoms with van der Waals surface area (Å²) in [6.45, 7) is 6.42. The molecule has 0 atom stereocenters. The second-order valence-corrected chi connectivity index (χ2v) is 7.98. The Labute approximate surface area is 137 Å². The van der Waals surface area contributed by atoms with Crippen LogP contribution in [0.4, 0.5) is 5.69 Å². The van der Waals surface area contributed by atoms with Crippen molar-refractivity contribution < 1.29 is 13.2 Å². The van der Waals surface area contributed by atoms with Crippen molar-refractivity contribution in [1.82, 2.24) is 5.32 Å². The molecule has 0 aliphatic carbocycles. The van der Waals surface area contributed by atoms with Crippen molar-refractivity contribution in [2.45, 2.75) is 27.2 Å². The number of benzene rings is 1. The smallest absolute Gasteiger partial charge is 0.232 e. The first-order chi connectivity index (χ1) is 10.1. The zero-order valence-corrected chi connectivity index (χ0v) is 15.0. The Hall–Kier alpha value is -1.27. The van der Waals surface area contributed by atoms with Crippen LogP contribution < -0.4 is 9.62 Å². The standard InChI is InChI=1S/C15H23ClN2O3S/c1-11(2)10-17-15(19)8-9-18(22(4,20)21)14-7-5-6-13(16)12(14)3/h5-7,11H,8-10H2,1-4H3,(H,17,19). The third-order valence-corrected chi connectivity index (χ3v) is 4.75. The highest BCUT2D eigenvalue weighted by atomic mass is 35.5. The number of nitrogens with zero attached hydrogens (tertiary/aromatic N) is 1. The van der Waals surface area contributed by atoms with Crippen molar-refractivity contribution >= 4 is 33.2 Å². The molecule has 22 heavy (non-hydrogen) atoms. The first kappa shape index (κ1) is 18.8. The SMILES string of the molecule is Cc1c(Cl)cccc1N(CCC(=O)NCC(C)C)S(C)(=O)=O. The highest BCUT2D eigenvalue weighted by Gasteiger charge is 2.21. The maximum absolute atomic E-state index is 12.0. The molecule has 1 aromatic carbocycles. The first-order valence-corrected chi connectivity index (χ1v) is 9.35. The topological polar surface area (TPSA) is 66.5 Å². The van der Waals surface area contributed by atoms with Crippen LogP contribution >= 0.6 is 11.6 Å². The Morgan fingerprint density at radius 3 is 2.55 bits per heavy atom. The van der Waals surface area contributed by atoms with E-state index < -0.39 is 10.0 Å². The fourth-order valence-corrected chi connectivity index (χ4v) is 3.09. The minimum absolute atomic E-state index is 0.0872. The molecule has 0 radical (unpaired) electrons. The third kappa shape index (κ3) is 5.50. The van der Waals surface area contributed by atoms with Gasteiger partial charge in [-0.05, 0) is 30.5 Å². The van der Waals surface area contributed by atoms with Crippen LogP contribution in [0.2, 0.25) is 5.02 Å². The van der Waals surface area contributed by atoms with Gasteiger partial charge in [-0.1, -0.05) is 31.5 Å². The molecule has 5 nitrogen and oxygen atoms in total. The van der Waals surface area contributed by atoms with Gasteiger partial charge in [-0.15, -0.1) is 0 Å². The summed E-state index contributed by atoms with van der Waals surface area (Å²) in [5.41, 5.74) is 1.18. The summed E-state index contributed by atoms with van der Waals surface area (Å²) in [4.78, 5) is 11.8. The Morgan fingerprint density at radius 2 is 2.00 bits per heavy atom. The van der Waals surface area contributed by atoms with E-state index in [1.54, 1.807) is 25.1 Å². The third-order valence-electron chi connectivity index (χ3n) is 3.16. The van der Waals surface area contributed by atoms with Gasteiger partial charge in [0.05, 0.1) is 11.9 Å². The van der Waals surface area contributed by atoms with Gasteiger partial charge in [0.1, 0.15) is 0 Å². The minimum Gasteiger partial charge on any atom is -0.356 e. The molecule has 7 heteroatoms. The van der Waals surface area contributed by atoms with Gasteiger partial charge >= 0.3 is 0 Å². The van der Waals surface area contributed by atoms with Crippen LogP contribution in [-0.4, -0.2) is 33.7 Å². The van der Waals surface area contributed by atoms with Gasteiger partial charge in [-0.3, -0.25) is 9.10 Å². The maximum Gasteiger partial charge on any atom is 0.232 e. The molecule has 0 aliphatic heterocycles. The molecule has 1 aromatic rings. The summed E-state index contributed by atoms with van der Waals surface area (Å²) in [7, 11) is -3.49. The number of amides is 1. The van der Waals surface area contributed by atoms with Crippen LogP contribution in [0.15, 0.2) is 18.2 Å². The fourth-order valence-electron chi connectivity index (χ4n) is 1.94. The second-order valence-electron chi connectivity index (χ2n) is 5.67. The van der Waals surface area contributed by atoms with E-state index in [0.717, 1.165) is 6.26 Å². The van der Waals surface area contributed by atoms with Crippen LogP contribution in [-0.2, 0) is 14.8 Å². The molecule has 1 N–H and O–H groups in total. The summed E-state index contributed by atoms with van der Waals surface area (Å²) < 4.78 is 25.3. The van der Waals surface area contributed by atoms with E-state index in [2.05, 4.69) is 5.32 Å². The molecule has 0 saturated carbocycles. The highest BCUT2D eigenvalue weighted by molar-refractivity contribution is 7.92. The molecule has 0 spiro atoms. The van der Waals surface area contributed by atoms with Crippen molar-refractivity contribution in [1.29, 1.82) is 0 Å². The van der Waals surface area contributed by atoms with Crippen LogP contribution in [0.1, 0.15) is 25.8 Å². The normalized spacial score (nSPS) is 11.5. The second kappa shape index (κ2) is 7.83. The summed E-state index contributed by atoms with van der Waals surface area (Å²) in [6.07, 6.45) is 1.23. The maximum atomic E-state index is 12.0. The van der Waals surface area contributed by atoms with E-state index >= 15 is 0 Å². The van der Waals surface area contributed by atoms with Gasteiger partial charge in [0, 0.05) is 24.5 Å². The van der Waals surface area contributed by atoms with Crippen molar-refractivity contribution in [2.75, 3.05) is 23.7 Å². The number of rotatable bonds is 7. The molecule has 0 unspecified atom stereocenters. The monoisotopic (exact) mass is 346 g/mol. The van der Waals surface area contributed by atoms with Crippen molar-refractivity contribution in [2.24, 2.45) is 5.92 Å². The minimum atomic E-state index is -3.49. The quantitative estimate of drug-likeness (QED) is 0.825. The zero-order chi connectivity index (χ0) is 16.9. The largest absolute Gasteiger partial charge is 0.356 e. The average molecular weight is 347 g/mol. The first-order valence-electron chi connectivity index (χ1n) is 7.12. The van der Waals surface area contributed by atoms with E-state index in [1.165, 1.54) is 4.31 Å². The van der Waals surface area contributed by atoms with E-state index in [1.807, 2.05) is 13.8 Å². The van der Waals surface area contributed by atoms with Crippen LogP contribution in [0.3, 0.4) is 0 Å². The number of carbonyl (C=O) groups is 1. The van der Waals surface area contributed by atoms with Gasteiger partial charge in [-0.25, -0.2) is 8.42 Å². The molecule has 0 saturated heterocycles. The zero-order valence-electron chi connectivity index (χ0n) is 13.4. The Morgan fingerprint density at radius 1 is 1.36 bits per heavy atom. The Bertz CT molecular complexity index is 630. The van der Waals surface area contributed by atoms with Crippen LogP contribution in [0, 0.1) is 12.8 Å². The lowest BCUT2D eigenvalue weighted by molar-refractivity contribution is -0.121. The molecule has 0 fully saturated rings. The van der Waals surface area contributed by atoms with E-state index in [0.29, 0.717) is 28.7 Å². The number of halogens is 1. The van der Waals surface area contributed by atoms with E-state index in [-0.39, 0.29) is 18.9 Å². The molecule has 0 aromatic heterocycles. The molecule has 0 bridgehead atoms. The molecular weight excluding hydrogens is 324 g/mol. The number of anilines is 1. The number of carbonyl (C=O) groups excluding carboxylic acids is 1. The predicted molar refractivity (Wildman–Crippen MR) is 90.8 cm³/mol. The Kier molecular flexibility index (Phi) is 6.68. The summed E-state index contributed by atoms with van der Waals surface area (Å²) in [5.74, 6) is 0.187. The predicted octanol–water partition coefficient (Wildman–Crippen LogP) is 2.58. The molecule has 0 aliphatic rings. The van der Waals surface area contributed by atoms with Gasteiger partial charge < -0.3 is 5.32 Å². The molecule has 0 heterocycles. The highest BCUT2D eigenvalue weighted by Crippen LogP contribution is 2.28. The van der Waals surface area contributed by atoms with Gasteiger partial charge in [0.2, 0.25) is 15.9 Å². The fraction of sp³-hybridized carbons (Fsp3) is 0.533. The molecule has 124 valence electrons. The average Bonchev–Trinajstić information content (AvgIpc) is 2.39. The summed E-state index contributed by atoms with van der Waals surface area (Å²) in [5, 5.41) is 3.28. The van der Waals surface area contributed by atoms with E-state index in [9.17, 15) is 13.2 Å². The summed E-state index contributed by atoms with van der Waals surface area (Å²) >= 11 is 6.05. The lowest BCUT2D eigenvalue weighted by Gasteiger charge is -2.24. The van der Waals surface area contributed by atoms with Gasteiger partial charge in [0.15, 0.2) is 0 Å². The Balaban J connectivity index is 2.88. The number of hydrogen-bond donors (Lipinski definition) is 1. The van der Waals surface area contributed by atoms with Crippen LogP contribution in [0.25, 0.3) is 0 Å². The van der Waals surface area contributed by atoms with Crippen molar-refractivity contribution in [3.05, 3.63) is 28.8 Å². The number of hydrogen-bond acceptors (Lipinski definition) is 3. The van der Waals surface area contributed by atoms with Gasteiger partial charge in [-0.2, -0.15) is 0 Å². The van der Waals surface area contributed by atoms with Crippen molar-refractivity contribution in [3.63, 3.8) is 0 Å². The number of nitrogens with one attached hydrogen (secondary N) is 1. The number of sulfonamides is 1. The van der Waals surface area contributed by atoms with Gasteiger partial charge in [0.25, 0.3) is 0 Å².